The quantitative estimate of drug-likeness (QED) is 0.839. The molecule has 0 saturated heterocycles. The highest BCUT2D eigenvalue weighted by Crippen LogP contribution is 2.29. The zero-order chi connectivity index (χ0) is 12.3. The summed E-state index contributed by atoms with van der Waals surface area (Å²) in [6, 6.07) is 5.01. The Balaban J connectivity index is 1.80. The molecule has 1 saturated carbocycles. The number of hydrogen-bond acceptors (Lipinski definition) is 1. The first kappa shape index (κ1) is 12.6. The number of aryl methyl sites for hydroxylation is 1. The first-order chi connectivity index (χ1) is 8.15. The van der Waals surface area contributed by atoms with E-state index in [1.165, 1.54) is 30.9 Å². The van der Waals surface area contributed by atoms with E-state index in [2.05, 4.69) is 12.2 Å². The molecule has 0 heterocycles. The molecule has 2 unspecified atom stereocenters. The molecule has 0 aliphatic heterocycles. The topological polar surface area (TPSA) is 12.0 Å². The van der Waals surface area contributed by atoms with E-state index < -0.39 is 0 Å². The molecule has 0 radical (unpaired) electrons. The predicted molar refractivity (Wildman–Crippen MR) is 69.3 cm³/mol. The minimum atomic E-state index is -0.137. The summed E-state index contributed by atoms with van der Waals surface area (Å²) in [5, 5.41) is 3.47. The first-order valence-electron chi connectivity index (χ1n) is 6.61. The summed E-state index contributed by atoms with van der Waals surface area (Å²) in [5.74, 6) is 1.57. The lowest BCUT2D eigenvalue weighted by atomic mass is 10.1. The molecule has 94 valence electrons. The molecule has 1 N–H and O–H groups in total. The molecule has 0 spiro atoms. The van der Waals surface area contributed by atoms with Crippen LogP contribution in [0.1, 0.15) is 37.3 Å². The summed E-state index contributed by atoms with van der Waals surface area (Å²) in [6.45, 7) is 6.22. The molecule has 1 fully saturated rings. The minimum absolute atomic E-state index is 0.137. The van der Waals surface area contributed by atoms with Gasteiger partial charge in [-0.2, -0.15) is 0 Å². The fourth-order valence-electron chi connectivity index (χ4n) is 2.75. The van der Waals surface area contributed by atoms with Gasteiger partial charge in [-0.15, -0.1) is 0 Å². The van der Waals surface area contributed by atoms with Gasteiger partial charge in [0.15, 0.2) is 0 Å². The van der Waals surface area contributed by atoms with Crippen LogP contribution in [0.5, 0.6) is 0 Å². The standard InChI is InChI=1S/C15H22FN/c1-11-3-5-13(7-11)9-17-10-14-8-15(16)6-4-12(14)2/h4,6,8,11,13,17H,3,5,7,9-10H2,1-2H3. The third-order valence-corrected chi connectivity index (χ3v) is 3.86. The molecule has 1 aliphatic rings. The fourth-order valence-corrected chi connectivity index (χ4v) is 2.75. The Bertz CT molecular complexity index is 375. The molecule has 2 rings (SSSR count). The van der Waals surface area contributed by atoms with Gasteiger partial charge in [-0.25, -0.2) is 4.39 Å². The van der Waals surface area contributed by atoms with E-state index in [4.69, 9.17) is 0 Å². The van der Waals surface area contributed by atoms with Crippen molar-refractivity contribution in [3.8, 4) is 0 Å². The van der Waals surface area contributed by atoms with Crippen LogP contribution in [0.3, 0.4) is 0 Å². The van der Waals surface area contributed by atoms with Crippen molar-refractivity contribution in [2.75, 3.05) is 6.54 Å². The summed E-state index contributed by atoms with van der Waals surface area (Å²) in [6.07, 6.45) is 4.05. The van der Waals surface area contributed by atoms with Gasteiger partial charge in [0.2, 0.25) is 0 Å². The molecular weight excluding hydrogens is 213 g/mol. The van der Waals surface area contributed by atoms with Gasteiger partial charge in [0, 0.05) is 6.54 Å². The van der Waals surface area contributed by atoms with Gasteiger partial charge in [-0.1, -0.05) is 19.4 Å². The molecule has 0 amide bonds. The largest absolute Gasteiger partial charge is 0.312 e. The van der Waals surface area contributed by atoms with E-state index in [0.29, 0.717) is 0 Å². The van der Waals surface area contributed by atoms with Crippen molar-refractivity contribution in [3.05, 3.63) is 35.1 Å². The van der Waals surface area contributed by atoms with E-state index in [0.717, 1.165) is 30.5 Å². The molecule has 0 aromatic heterocycles. The molecule has 1 aromatic carbocycles. The van der Waals surface area contributed by atoms with Crippen molar-refractivity contribution in [2.45, 2.75) is 39.7 Å². The van der Waals surface area contributed by atoms with Crippen LogP contribution >= 0.6 is 0 Å². The van der Waals surface area contributed by atoms with Crippen molar-refractivity contribution >= 4 is 0 Å². The molecule has 1 aromatic rings. The predicted octanol–water partition coefficient (Wildman–Crippen LogP) is 3.66. The Morgan fingerprint density at radius 3 is 2.88 bits per heavy atom. The summed E-state index contributed by atoms with van der Waals surface area (Å²) in [4.78, 5) is 0. The lowest BCUT2D eigenvalue weighted by molar-refractivity contribution is 0.470. The van der Waals surface area contributed by atoms with Crippen molar-refractivity contribution in [1.82, 2.24) is 5.32 Å². The van der Waals surface area contributed by atoms with Gasteiger partial charge in [-0.05, 0) is 61.4 Å². The van der Waals surface area contributed by atoms with E-state index in [1.807, 2.05) is 13.0 Å². The van der Waals surface area contributed by atoms with E-state index >= 15 is 0 Å². The second kappa shape index (κ2) is 5.63. The van der Waals surface area contributed by atoms with E-state index in [-0.39, 0.29) is 5.82 Å². The number of rotatable bonds is 4. The van der Waals surface area contributed by atoms with Crippen LogP contribution in [0.4, 0.5) is 4.39 Å². The second-order valence-electron chi connectivity index (χ2n) is 5.49. The average Bonchev–Trinajstić information content (AvgIpc) is 2.69. The average molecular weight is 235 g/mol. The summed E-state index contributed by atoms with van der Waals surface area (Å²) in [7, 11) is 0. The Morgan fingerprint density at radius 1 is 1.35 bits per heavy atom. The van der Waals surface area contributed by atoms with Crippen molar-refractivity contribution in [3.63, 3.8) is 0 Å². The Kier molecular flexibility index (Phi) is 4.16. The highest BCUT2D eigenvalue weighted by molar-refractivity contribution is 5.26. The van der Waals surface area contributed by atoms with Gasteiger partial charge in [0.25, 0.3) is 0 Å². The third kappa shape index (κ3) is 3.53. The second-order valence-corrected chi connectivity index (χ2v) is 5.49. The highest BCUT2D eigenvalue weighted by atomic mass is 19.1. The molecule has 17 heavy (non-hydrogen) atoms. The van der Waals surface area contributed by atoms with Gasteiger partial charge < -0.3 is 5.32 Å². The van der Waals surface area contributed by atoms with Crippen LogP contribution in [0, 0.1) is 24.6 Å². The molecular formula is C15H22FN. The number of hydrogen-bond donors (Lipinski definition) is 1. The van der Waals surface area contributed by atoms with Crippen LogP contribution in [0.15, 0.2) is 18.2 Å². The first-order valence-corrected chi connectivity index (χ1v) is 6.61. The lowest BCUT2D eigenvalue weighted by Gasteiger charge is -2.12. The number of nitrogens with one attached hydrogen (secondary N) is 1. The normalized spacial score (nSPS) is 24.2. The maximum atomic E-state index is 13.1. The SMILES string of the molecule is Cc1ccc(F)cc1CNCC1CCC(C)C1. The molecule has 2 atom stereocenters. The Labute approximate surface area is 103 Å². The highest BCUT2D eigenvalue weighted by Gasteiger charge is 2.20. The zero-order valence-electron chi connectivity index (χ0n) is 10.8. The molecule has 2 heteroatoms. The summed E-state index contributed by atoms with van der Waals surface area (Å²) >= 11 is 0. The fraction of sp³-hybridized carbons (Fsp3) is 0.600. The van der Waals surface area contributed by atoms with Crippen LogP contribution in [-0.2, 0) is 6.54 Å². The maximum Gasteiger partial charge on any atom is 0.123 e. The van der Waals surface area contributed by atoms with Crippen LogP contribution in [0.2, 0.25) is 0 Å². The molecule has 0 bridgehead atoms. The van der Waals surface area contributed by atoms with Crippen LogP contribution in [-0.4, -0.2) is 6.54 Å². The molecule has 1 aliphatic carbocycles. The van der Waals surface area contributed by atoms with Gasteiger partial charge >= 0.3 is 0 Å². The minimum Gasteiger partial charge on any atom is -0.312 e. The maximum absolute atomic E-state index is 13.1. The number of halogens is 1. The van der Waals surface area contributed by atoms with Crippen molar-refractivity contribution in [2.24, 2.45) is 11.8 Å². The Hall–Kier alpha value is -0.890. The van der Waals surface area contributed by atoms with Gasteiger partial charge in [-0.3, -0.25) is 0 Å². The monoisotopic (exact) mass is 235 g/mol. The van der Waals surface area contributed by atoms with Gasteiger partial charge in [0.05, 0.1) is 0 Å². The van der Waals surface area contributed by atoms with Crippen molar-refractivity contribution in [1.29, 1.82) is 0 Å². The smallest absolute Gasteiger partial charge is 0.123 e. The third-order valence-electron chi connectivity index (χ3n) is 3.86. The van der Waals surface area contributed by atoms with E-state index in [9.17, 15) is 4.39 Å². The van der Waals surface area contributed by atoms with Crippen LogP contribution in [0.25, 0.3) is 0 Å². The van der Waals surface area contributed by atoms with Crippen LogP contribution < -0.4 is 5.32 Å². The van der Waals surface area contributed by atoms with Crippen molar-refractivity contribution < 1.29 is 4.39 Å². The Morgan fingerprint density at radius 2 is 2.18 bits per heavy atom. The summed E-state index contributed by atoms with van der Waals surface area (Å²) < 4.78 is 13.1. The number of benzene rings is 1. The van der Waals surface area contributed by atoms with E-state index in [1.54, 1.807) is 6.07 Å². The van der Waals surface area contributed by atoms with Gasteiger partial charge in [0.1, 0.15) is 5.82 Å². The zero-order valence-corrected chi connectivity index (χ0v) is 10.8. The summed E-state index contributed by atoms with van der Waals surface area (Å²) in [5.41, 5.74) is 2.25. The molecule has 1 nitrogen and oxygen atoms in total. The lowest BCUT2D eigenvalue weighted by Crippen LogP contribution is -2.21.